The quantitative estimate of drug-likeness (QED) is 0.924. The smallest absolute Gasteiger partial charge is 0.246 e. The van der Waals surface area contributed by atoms with Crippen molar-refractivity contribution in [3.63, 3.8) is 0 Å². The average molecular weight is 267 g/mol. The van der Waals surface area contributed by atoms with Crippen molar-refractivity contribution in [2.24, 2.45) is 5.73 Å². The first-order valence-electron chi connectivity index (χ1n) is 6.02. The molecule has 1 aromatic carbocycles. The molecule has 0 aliphatic rings. The van der Waals surface area contributed by atoms with Crippen LogP contribution >= 0.6 is 0 Å². The summed E-state index contributed by atoms with van der Waals surface area (Å²) in [6.07, 6.45) is 1.53. The number of benzene rings is 1. The lowest BCUT2D eigenvalue weighted by molar-refractivity contribution is 0.284. The minimum Gasteiger partial charge on any atom is -0.337 e. The fraction of sp³-hybridized carbons (Fsp3) is 0.385. The minimum atomic E-state index is -0.744. The van der Waals surface area contributed by atoms with Gasteiger partial charge in [0, 0.05) is 11.6 Å². The van der Waals surface area contributed by atoms with Crippen molar-refractivity contribution in [3.8, 4) is 11.4 Å². The van der Waals surface area contributed by atoms with Crippen LogP contribution in [0.15, 0.2) is 22.7 Å². The second kappa shape index (κ2) is 5.05. The molecule has 0 bridgehead atoms. The molecular weight excluding hydrogens is 252 g/mol. The maximum absolute atomic E-state index is 13.1. The third-order valence-corrected chi connectivity index (χ3v) is 2.80. The van der Waals surface area contributed by atoms with Crippen molar-refractivity contribution >= 4 is 0 Å². The molecule has 6 heteroatoms. The van der Waals surface area contributed by atoms with Crippen LogP contribution in [0.1, 0.15) is 32.6 Å². The van der Waals surface area contributed by atoms with E-state index in [0.29, 0.717) is 6.42 Å². The van der Waals surface area contributed by atoms with Crippen LogP contribution in [0.3, 0.4) is 0 Å². The first kappa shape index (κ1) is 13.6. The summed E-state index contributed by atoms with van der Waals surface area (Å²) in [7, 11) is 0. The van der Waals surface area contributed by atoms with Gasteiger partial charge in [0.1, 0.15) is 11.6 Å². The predicted octanol–water partition coefficient (Wildman–Crippen LogP) is 2.99. The lowest BCUT2D eigenvalue weighted by atomic mass is 9.98. The number of halogens is 2. The molecule has 19 heavy (non-hydrogen) atoms. The largest absolute Gasteiger partial charge is 0.337 e. The predicted molar refractivity (Wildman–Crippen MR) is 66.1 cm³/mol. The van der Waals surface area contributed by atoms with Crippen LogP contribution in [0.2, 0.25) is 0 Å². The molecule has 0 saturated heterocycles. The molecule has 2 N–H and O–H groups in total. The molecule has 1 unspecified atom stereocenters. The van der Waals surface area contributed by atoms with Gasteiger partial charge in [0.05, 0.1) is 5.54 Å². The fourth-order valence-electron chi connectivity index (χ4n) is 1.88. The highest BCUT2D eigenvalue weighted by Crippen LogP contribution is 2.25. The second-order valence-electron chi connectivity index (χ2n) is 4.75. The highest BCUT2D eigenvalue weighted by Gasteiger charge is 2.27. The molecule has 102 valence electrons. The summed E-state index contributed by atoms with van der Waals surface area (Å²) in [6.45, 7) is 3.77. The van der Waals surface area contributed by atoms with Gasteiger partial charge in [0.25, 0.3) is 0 Å². The van der Waals surface area contributed by atoms with Crippen molar-refractivity contribution in [1.82, 2.24) is 10.1 Å². The Hall–Kier alpha value is -1.82. The van der Waals surface area contributed by atoms with Gasteiger partial charge in [-0.1, -0.05) is 18.5 Å². The summed E-state index contributed by atoms with van der Waals surface area (Å²) < 4.78 is 31.3. The second-order valence-corrected chi connectivity index (χ2v) is 4.75. The first-order valence-corrected chi connectivity index (χ1v) is 6.02. The number of hydrogen-bond donors (Lipinski definition) is 1. The Morgan fingerprint density at radius 2 is 1.89 bits per heavy atom. The fourth-order valence-corrected chi connectivity index (χ4v) is 1.88. The zero-order chi connectivity index (χ0) is 14.0. The summed E-state index contributed by atoms with van der Waals surface area (Å²) in [5.41, 5.74) is 5.53. The summed E-state index contributed by atoms with van der Waals surface area (Å²) in [5, 5.41) is 3.72. The van der Waals surface area contributed by atoms with E-state index in [2.05, 4.69) is 10.1 Å². The zero-order valence-corrected chi connectivity index (χ0v) is 10.8. The van der Waals surface area contributed by atoms with Gasteiger partial charge in [0.15, 0.2) is 0 Å². The SMILES string of the molecule is CCCC(C)(N)c1nc(-c2cc(F)cc(F)c2)no1. The van der Waals surface area contributed by atoms with E-state index in [1.54, 1.807) is 6.92 Å². The molecule has 0 amide bonds. The van der Waals surface area contributed by atoms with Crippen LogP contribution in [0, 0.1) is 11.6 Å². The summed E-state index contributed by atoms with van der Waals surface area (Å²) in [4.78, 5) is 4.12. The monoisotopic (exact) mass is 267 g/mol. The van der Waals surface area contributed by atoms with Crippen molar-refractivity contribution in [1.29, 1.82) is 0 Å². The molecule has 1 atom stereocenters. The van der Waals surface area contributed by atoms with Crippen LogP contribution in [0.4, 0.5) is 8.78 Å². The Kier molecular flexibility index (Phi) is 3.61. The van der Waals surface area contributed by atoms with Crippen molar-refractivity contribution in [2.75, 3.05) is 0 Å². The highest BCUT2D eigenvalue weighted by molar-refractivity contribution is 5.54. The summed E-state index contributed by atoms with van der Waals surface area (Å²) in [5.74, 6) is -0.994. The van der Waals surface area contributed by atoms with E-state index in [0.717, 1.165) is 24.6 Å². The molecule has 2 aromatic rings. The van der Waals surface area contributed by atoms with Gasteiger partial charge in [-0.15, -0.1) is 0 Å². The molecule has 2 rings (SSSR count). The highest BCUT2D eigenvalue weighted by atomic mass is 19.1. The Morgan fingerprint density at radius 3 is 2.47 bits per heavy atom. The molecule has 0 radical (unpaired) electrons. The molecular formula is C13H15F2N3O. The van der Waals surface area contributed by atoms with Gasteiger partial charge in [-0.05, 0) is 25.5 Å². The first-order chi connectivity index (χ1) is 8.92. The van der Waals surface area contributed by atoms with Gasteiger partial charge >= 0.3 is 0 Å². The van der Waals surface area contributed by atoms with Crippen molar-refractivity contribution in [3.05, 3.63) is 35.7 Å². The molecule has 1 heterocycles. The van der Waals surface area contributed by atoms with Gasteiger partial charge in [-0.25, -0.2) is 8.78 Å². The van der Waals surface area contributed by atoms with Crippen LogP contribution in [0.25, 0.3) is 11.4 Å². The standard InChI is InChI=1S/C13H15F2N3O/c1-3-4-13(2,16)12-17-11(18-19-12)8-5-9(14)7-10(15)6-8/h5-7H,3-4,16H2,1-2H3. The Labute approximate surface area is 109 Å². The number of nitrogens with two attached hydrogens (primary N) is 1. The molecule has 0 fully saturated rings. The van der Waals surface area contributed by atoms with E-state index in [9.17, 15) is 8.78 Å². The zero-order valence-electron chi connectivity index (χ0n) is 10.8. The maximum Gasteiger partial charge on any atom is 0.246 e. The summed E-state index contributed by atoms with van der Waals surface area (Å²) >= 11 is 0. The van der Waals surface area contributed by atoms with Gasteiger partial charge in [0.2, 0.25) is 11.7 Å². The van der Waals surface area contributed by atoms with Crippen LogP contribution in [-0.4, -0.2) is 10.1 Å². The van der Waals surface area contributed by atoms with Gasteiger partial charge < -0.3 is 10.3 Å². The molecule has 0 aliphatic carbocycles. The summed E-state index contributed by atoms with van der Waals surface area (Å²) in [6, 6.07) is 3.07. The topological polar surface area (TPSA) is 64.9 Å². The van der Waals surface area contributed by atoms with Crippen molar-refractivity contribution in [2.45, 2.75) is 32.2 Å². The van der Waals surface area contributed by atoms with E-state index in [-0.39, 0.29) is 17.3 Å². The Bertz CT molecular complexity index is 561. The molecule has 0 saturated carbocycles. The number of nitrogens with zero attached hydrogens (tertiary/aromatic N) is 2. The normalized spacial score (nSPS) is 14.4. The van der Waals surface area contributed by atoms with E-state index in [1.165, 1.54) is 0 Å². The number of aromatic nitrogens is 2. The third kappa shape index (κ3) is 2.96. The Balaban J connectivity index is 2.35. The van der Waals surface area contributed by atoms with Gasteiger partial charge in [-0.2, -0.15) is 4.98 Å². The lowest BCUT2D eigenvalue weighted by Crippen LogP contribution is -2.33. The van der Waals surface area contributed by atoms with E-state index in [4.69, 9.17) is 10.3 Å². The van der Waals surface area contributed by atoms with Crippen LogP contribution < -0.4 is 5.73 Å². The molecule has 4 nitrogen and oxygen atoms in total. The van der Waals surface area contributed by atoms with Crippen LogP contribution in [-0.2, 0) is 5.54 Å². The lowest BCUT2D eigenvalue weighted by Gasteiger charge is -2.18. The van der Waals surface area contributed by atoms with Gasteiger partial charge in [-0.3, -0.25) is 0 Å². The van der Waals surface area contributed by atoms with E-state index in [1.807, 2.05) is 6.92 Å². The molecule has 1 aromatic heterocycles. The van der Waals surface area contributed by atoms with Crippen molar-refractivity contribution < 1.29 is 13.3 Å². The van der Waals surface area contributed by atoms with Crippen LogP contribution in [0.5, 0.6) is 0 Å². The van der Waals surface area contributed by atoms with E-state index < -0.39 is 17.2 Å². The average Bonchev–Trinajstić information content (AvgIpc) is 2.77. The molecule has 0 spiro atoms. The minimum absolute atomic E-state index is 0.126. The third-order valence-electron chi connectivity index (χ3n) is 2.80. The Morgan fingerprint density at radius 1 is 1.26 bits per heavy atom. The van der Waals surface area contributed by atoms with E-state index >= 15 is 0 Å². The number of rotatable bonds is 4. The molecule has 0 aliphatic heterocycles. The number of hydrogen-bond acceptors (Lipinski definition) is 4. The maximum atomic E-state index is 13.1.